The molecule has 0 amide bonds. The molecule has 0 saturated carbocycles. The molecule has 0 aliphatic carbocycles. The molecule has 0 spiro atoms. The molecule has 0 aromatic carbocycles. The van der Waals surface area contributed by atoms with E-state index in [2.05, 4.69) is 22.2 Å². The molecule has 0 radical (unpaired) electrons. The predicted molar refractivity (Wildman–Crippen MR) is 61.2 cm³/mol. The Labute approximate surface area is 90.1 Å². The molecule has 3 N–H and O–H groups in total. The molecule has 0 unspecified atom stereocenters. The van der Waals surface area contributed by atoms with Gasteiger partial charge in [-0.3, -0.25) is 0 Å². The van der Waals surface area contributed by atoms with Crippen molar-refractivity contribution in [1.29, 1.82) is 0 Å². The first-order valence-electron chi connectivity index (χ1n) is 5.19. The zero-order valence-electron chi connectivity index (χ0n) is 9.50. The number of rotatable bonds is 5. The van der Waals surface area contributed by atoms with Crippen molar-refractivity contribution in [2.24, 2.45) is 0 Å². The van der Waals surface area contributed by atoms with E-state index in [1.54, 1.807) is 7.05 Å². The summed E-state index contributed by atoms with van der Waals surface area (Å²) in [6, 6.07) is 0. The predicted octanol–water partition coefficient (Wildman–Crippen LogP) is 1.45. The van der Waals surface area contributed by atoms with Crippen molar-refractivity contribution in [3.63, 3.8) is 0 Å². The van der Waals surface area contributed by atoms with Crippen molar-refractivity contribution in [1.82, 2.24) is 9.97 Å². The fraction of sp³-hybridized carbons (Fsp3) is 0.600. The summed E-state index contributed by atoms with van der Waals surface area (Å²) in [7, 11) is 1.78. The number of nitrogens with one attached hydrogen (secondary N) is 1. The molecule has 5 nitrogen and oxygen atoms in total. The number of nitrogen functional groups attached to an aromatic ring is 1. The molecule has 0 bridgehead atoms. The average Bonchev–Trinajstić information content (AvgIpc) is 2.23. The largest absolute Gasteiger partial charge is 0.476 e. The van der Waals surface area contributed by atoms with Crippen molar-refractivity contribution in [3.8, 4) is 5.88 Å². The highest BCUT2D eigenvalue weighted by Gasteiger charge is 2.10. The minimum absolute atomic E-state index is 0.471. The quantitative estimate of drug-likeness (QED) is 0.769. The molecule has 1 heterocycles. The second-order valence-electron chi connectivity index (χ2n) is 3.14. The van der Waals surface area contributed by atoms with E-state index in [4.69, 9.17) is 10.5 Å². The Kier molecular flexibility index (Phi) is 4.15. The van der Waals surface area contributed by atoms with Crippen LogP contribution in [0.3, 0.4) is 0 Å². The fourth-order valence-corrected chi connectivity index (χ4v) is 1.27. The van der Waals surface area contributed by atoms with Crippen LogP contribution in [-0.2, 0) is 6.42 Å². The summed E-state index contributed by atoms with van der Waals surface area (Å²) in [5.74, 6) is 1.87. The zero-order valence-corrected chi connectivity index (χ0v) is 9.50. The molecule has 1 rings (SSSR count). The van der Waals surface area contributed by atoms with E-state index in [-0.39, 0.29) is 0 Å². The normalized spacial score (nSPS) is 10.1. The molecular formula is C10H18N4O. The number of anilines is 2. The van der Waals surface area contributed by atoms with E-state index < -0.39 is 0 Å². The number of aromatic nitrogens is 2. The van der Waals surface area contributed by atoms with Crippen molar-refractivity contribution in [3.05, 3.63) is 5.82 Å². The van der Waals surface area contributed by atoms with Gasteiger partial charge in [-0.05, 0) is 13.3 Å². The van der Waals surface area contributed by atoms with Gasteiger partial charge >= 0.3 is 0 Å². The Hall–Kier alpha value is -1.52. The van der Waals surface area contributed by atoms with Crippen LogP contribution in [-0.4, -0.2) is 23.6 Å². The Morgan fingerprint density at radius 2 is 2.07 bits per heavy atom. The summed E-state index contributed by atoms with van der Waals surface area (Å²) in [6.45, 7) is 4.54. The SMILES string of the molecule is CCCc1nc(NC)c(N)c(OCC)n1. The van der Waals surface area contributed by atoms with Crippen LogP contribution < -0.4 is 15.8 Å². The second-order valence-corrected chi connectivity index (χ2v) is 3.14. The van der Waals surface area contributed by atoms with Crippen LogP contribution >= 0.6 is 0 Å². The van der Waals surface area contributed by atoms with Gasteiger partial charge in [-0.25, -0.2) is 4.98 Å². The Balaban J connectivity index is 3.07. The maximum atomic E-state index is 5.83. The molecule has 0 saturated heterocycles. The lowest BCUT2D eigenvalue weighted by atomic mass is 10.3. The van der Waals surface area contributed by atoms with Crippen molar-refractivity contribution >= 4 is 11.5 Å². The Morgan fingerprint density at radius 1 is 1.33 bits per heavy atom. The molecule has 1 aromatic rings. The fourth-order valence-electron chi connectivity index (χ4n) is 1.27. The van der Waals surface area contributed by atoms with Crippen molar-refractivity contribution in [2.45, 2.75) is 26.7 Å². The maximum absolute atomic E-state index is 5.83. The lowest BCUT2D eigenvalue weighted by molar-refractivity contribution is 0.327. The Bertz CT molecular complexity index is 327. The lowest BCUT2D eigenvalue weighted by Crippen LogP contribution is -2.08. The van der Waals surface area contributed by atoms with Crippen LogP contribution in [0.1, 0.15) is 26.1 Å². The van der Waals surface area contributed by atoms with Crippen LogP contribution in [0.5, 0.6) is 5.88 Å². The third-order valence-corrected chi connectivity index (χ3v) is 1.95. The summed E-state index contributed by atoms with van der Waals surface area (Å²) in [5.41, 5.74) is 6.30. The monoisotopic (exact) mass is 210 g/mol. The lowest BCUT2D eigenvalue weighted by Gasteiger charge is -2.11. The van der Waals surface area contributed by atoms with Gasteiger partial charge in [-0.1, -0.05) is 6.92 Å². The molecule has 1 aromatic heterocycles. The molecule has 0 atom stereocenters. The first-order valence-corrected chi connectivity index (χ1v) is 5.19. The molecule has 84 valence electrons. The van der Waals surface area contributed by atoms with Crippen molar-refractivity contribution in [2.75, 3.05) is 24.7 Å². The second kappa shape index (κ2) is 5.38. The van der Waals surface area contributed by atoms with Gasteiger partial charge < -0.3 is 15.8 Å². The number of ether oxygens (including phenoxy) is 1. The number of nitrogens with zero attached hydrogens (tertiary/aromatic N) is 2. The standard InChI is InChI=1S/C10H18N4O/c1-4-6-7-13-9(12-3)8(11)10(14-7)15-5-2/h4-6,11H2,1-3H3,(H,12,13,14). The van der Waals surface area contributed by atoms with Crippen LogP contribution in [0.2, 0.25) is 0 Å². The van der Waals surface area contributed by atoms with E-state index in [1.807, 2.05) is 6.92 Å². The molecule has 5 heteroatoms. The van der Waals surface area contributed by atoms with Gasteiger partial charge in [0.15, 0.2) is 5.82 Å². The van der Waals surface area contributed by atoms with Crippen LogP contribution in [0, 0.1) is 0 Å². The number of hydrogen-bond donors (Lipinski definition) is 2. The molecule has 15 heavy (non-hydrogen) atoms. The van der Waals surface area contributed by atoms with Crippen LogP contribution in [0.25, 0.3) is 0 Å². The summed E-state index contributed by atoms with van der Waals surface area (Å²) in [5, 5.41) is 2.94. The average molecular weight is 210 g/mol. The van der Waals surface area contributed by atoms with Crippen molar-refractivity contribution < 1.29 is 4.74 Å². The third-order valence-electron chi connectivity index (χ3n) is 1.95. The van der Waals surface area contributed by atoms with E-state index in [1.165, 1.54) is 0 Å². The molecule has 0 aliphatic rings. The Morgan fingerprint density at radius 3 is 2.60 bits per heavy atom. The van der Waals surface area contributed by atoms with Gasteiger partial charge in [0.1, 0.15) is 11.5 Å². The highest BCUT2D eigenvalue weighted by Crippen LogP contribution is 2.25. The van der Waals surface area contributed by atoms with E-state index in [0.29, 0.717) is 24.0 Å². The van der Waals surface area contributed by atoms with Gasteiger partial charge in [0, 0.05) is 13.5 Å². The first-order chi connectivity index (χ1) is 7.22. The highest BCUT2D eigenvalue weighted by atomic mass is 16.5. The summed E-state index contributed by atoms with van der Waals surface area (Å²) < 4.78 is 5.35. The van der Waals surface area contributed by atoms with Gasteiger partial charge in [-0.2, -0.15) is 4.98 Å². The van der Waals surface area contributed by atoms with E-state index >= 15 is 0 Å². The van der Waals surface area contributed by atoms with E-state index in [9.17, 15) is 0 Å². The third kappa shape index (κ3) is 2.71. The van der Waals surface area contributed by atoms with E-state index in [0.717, 1.165) is 18.7 Å². The van der Waals surface area contributed by atoms with Crippen LogP contribution in [0.15, 0.2) is 0 Å². The van der Waals surface area contributed by atoms with Crippen LogP contribution in [0.4, 0.5) is 11.5 Å². The minimum atomic E-state index is 0.471. The number of aryl methyl sites for hydroxylation is 1. The van der Waals surface area contributed by atoms with Gasteiger partial charge in [0.25, 0.3) is 0 Å². The molecular weight excluding hydrogens is 192 g/mol. The summed E-state index contributed by atoms with van der Waals surface area (Å²) >= 11 is 0. The first kappa shape index (κ1) is 11.6. The number of nitrogens with two attached hydrogens (primary N) is 1. The summed E-state index contributed by atoms with van der Waals surface area (Å²) in [4.78, 5) is 8.56. The molecule has 0 fully saturated rings. The van der Waals surface area contributed by atoms with Gasteiger partial charge in [-0.15, -0.1) is 0 Å². The minimum Gasteiger partial charge on any atom is -0.476 e. The zero-order chi connectivity index (χ0) is 11.3. The topological polar surface area (TPSA) is 73.1 Å². The van der Waals surface area contributed by atoms with Gasteiger partial charge in [0.2, 0.25) is 5.88 Å². The smallest absolute Gasteiger partial charge is 0.242 e. The molecule has 0 aliphatic heterocycles. The maximum Gasteiger partial charge on any atom is 0.242 e. The van der Waals surface area contributed by atoms with Gasteiger partial charge in [0.05, 0.1) is 6.61 Å². The summed E-state index contributed by atoms with van der Waals surface area (Å²) in [6.07, 6.45) is 1.83. The number of hydrogen-bond acceptors (Lipinski definition) is 5. The highest BCUT2D eigenvalue weighted by molar-refractivity contribution is 5.66.